The van der Waals surface area contributed by atoms with E-state index in [4.69, 9.17) is 5.73 Å². The molecule has 3 atom stereocenters. The van der Waals surface area contributed by atoms with Crippen LogP contribution in [0.3, 0.4) is 0 Å². The first-order chi connectivity index (χ1) is 9.66. The summed E-state index contributed by atoms with van der Waals surface area (Å²) in [4.78, 5) is 2.53. The van der Waals surface area contributed by atoms with Crippen LogP contribution in [0.25, 0.3) is 0 Å². The fourth-order valence-electron chi connectivity index (χ4n) is 4.04. The van der Waals surface area contributed by atoms with Crippen molar-refractivity contribution in [1.29, 1.82) is 0 Å². The Labute approximate surface area is 121 Å². The van der Waals surface area contributed by atoms with E-state index in [-0.39, 0.29) is 6.04 Å². The van der Waals surface area contributed by atoms with Crippen LogP contribution in [0.2, 0.25) is 0 Å². The van der Waals surface area contributed by atoms with Crippen LogP contribution >= 0.6 is 0 Å². The van der Waals surface area contributed by atoms with Crippen molar-refractivity contribution in [2.75, 3.05) is 11.4 Å². The standard InChI is InChI=1S/C17H26N2O/c1-12(18)15-9-8-14(11-17(15)20)19-10-4-6-13-5-2-3-7-16(13)19/h8-9,11-13,16,20H,2-7,10,18H2,1H3. The highest BCUT2D eigenvalue weighted by atomic mass is 16.3. The van der Waals surface area contributed by atoms with Crippen molar-refractivity contribution in [1.82, 2.24) is 0 Å². The van der Waals surface area contributed by atoms with Crippen LogP contribution < -0.4 is 10.6 Å². The van der Waals surface area contributed by atoms with Crippen LogP contribution in [0.5, 0.6) is 5.75 Å². The summed E-state index contributed by atoms with van der Waals surface area (Å²) < 4.78 is 0. The minimum atomic E-state index is -0.118. The van der Waals surface area contributed by atoms with Crippen molar-refractivity contribution in [3.8, 4) is 5.75 Å². The van der Waals surface area contributed by atoms with E-state index in [1.165, 1.54) is 44.2 Å². The van der Waals surface area contributed by atoms with E-state index in [9.17, 15) is 5.11 Å². The molecule has 1 saturated heterocycles. The van der Waals surface area contributed by atoms with Gasteiger partial charge in [-0.3, -0.25) is 0 Å². The lowest BCUT2D eigenvalue weighted by molar-refractivity contribution is 0.243. The van der Waals surface area contributed by atoms with Crippen molar-refractivity contribution >= 4 is 5.69 Å². The van der Waals surface area contributed by atoms with Gasteiger partial charge in [0.25, 0.3) is 0 Å². The summed E-state index contributed by atoms with van der Waals surface area (Å²) in [5.74, 6) is 1.20. The van der Waals surface area contributed by atoms with Gasteiger partial charge in [0.05, 0.1) is 0 Å². The molecule has 2 aliphatic rings. The third-order valence-corrected chi connectivity index (χ3v) is 5.08. The number of hydrogen-bond donors (Lipinski definition) is 2. The summed E-state index contributed by atoms with van der Waals surface area (Å²) in [6, 6.07) is 6.60. The van der Waals surface area contributed by atoms with Crippen LogP contribution in [0.1, 0.15) is 57.1 Å². The third-order valence-electron chi connectivity index (χ3n) is 5.08. The molecule has 0 aromatic heterocycles. The molecule has 3 unspecified atom stereocenters. The number of aromatic hydroxyl groups is 1. The molecule has 3 heteroatoms. The zero-order chi connectivity index (χ0) is 14.1. The highest BCUT2D eigenvalue weighted by Gasteiger charge is 2.33. The van der Waals surface area contributed by atoms with Crippen LogP contribution in [0.15, 0.2) is 18.2 Å². The Morgan fingerprint density at radius 3 is 2.70 bits per heavy atom. The Morgan fingerprint density at radius 2 is 1.95 bits per heavy atom. The highest BCUT2D eigenvalue weighted by Crippen LogP contribution is 2.39. The Bertz CT molecular complexity index is 470. The highest BCUT2D eigenvalue weighted by molar-refractivity contribution is 5.55. The van der Waals surface area contributed by atoms with Gasteiger partial charge in [0.15, 0.2) is 0 Å². The number of phenolic OH excluding ortho intramolecular Hbond substituents is 1. The van der Waals surface area contributed by atoms with Crippen molar-refractivity contribution in [3.05, 3.63) is 23.8 Å². The van der Waals surface area contributed by atoms with Crippen LogP contribution in [0, 0.1) is 5.92 Å². The van der Waals surface area contributed by atoms with Gasteiger partial charge in [-0.1, -0.05) is 18.9 Å². The van der Waals surface area contributed by atoms with Crippen LogP contribution in [-0.4, -0.2) is 17.7 Å². The zero-order valence-electron chi connectivity index (χ0n) is 12.4. The van der Waals surface area contributed by atoms with E-state index >= 15 is 0 Å². The van der Waals surface area contributed by atoms with Crippen molar-refractivity contribution in [2.24, 2.45) is 11.7 Å². The predicted molar refractivity (Wildman–Crippen MR) is 83.0 cm³/mol. The minimum absolute atomic E-state index is 0.118. The summed E-state index contributed by atoms with van der Waals surface area (Å²) in [5, 5.41) is 10.2. The number of fused-ring (bicyclic) bond motifs is 1. The number of benzene rings is 1. The lowest BCUT2D eigenvalue weighted by atomic mass is 9.78. The minimum Gasteiger partial charge on any atom is -0.508 e. The molecular weight excluding hydrogens is 248 g/mol. The first-order valence-corrected chi connectivity index (χ1v) is 8.02. The smallest absolute Gasteiger partial charge is 0.122 e. The van der Waals surface area contributed by atoms with Gasteiger partial charge in [-0.05, 0) is 44.6 Å². The molecule has 1 aliphatic heterocycles. The lowest BCUT2D eigenvalue weighted by Gasteiger charge is -2.45. The average molecular weight is 274 g/mol. The normalized spacial score (nSPS) is 28.0. The Morgan fingerprint density at radius 1 is 1.20 bits per heavy atom. The summed E-state index contributed by atoms with van der Waals surface area (Å²) in [7, 11) is 0. The maximum absolute atomic E-state index is 10.2. The van der Waals surface area contributed by atoms with Gasteiger partial charge in [0, 0.05) is 35.9 Å². The van der Waals surface area contributed by atoms with Gasteiger partial charge in [-0.15, -0.1) is 0 Å². The van der Waals surface area contributed by atoms with E-state index in [2.05, 4.69) is 11.0 Å². The van der Waals surface area contributed by atoms with Crippen molar-refractivity contribution in [2.45, 2.75) is 57.5 Å². The molecule has 1 saturated carbocycles. The van der Waals surface area contributed by atoms with Gasteiger partial charge in [0.2, 0.25) is 0 Å². The summed E-state index contributed by atoms with van der Waals surface area (Å²) in [6.07, 6.45) is 8.08. The molecule has 2 fully saturated rings. The summed E-state index contributed by atoms with van der Waals surface area (Å²) in [5.41, 5.74) is 7.88. The van der Waals surface area contributed by atoms with Gasteiger partial charge in [-0.25, -0.2) is 0 Å². The molecule has 0 spiro atoms. The number of rotatable bonds is 2. The topological polar surface area (TPSA) is 49.5 Å². The molecular formula is C17H26N2O. The molecule has 0 radical (unpaired) electrons. The van der Waals surface area contributed by atoms with E-state index < -0.39 is 0 Å². The number of phenols is 1. The van der Waals surface area contributed by atoms with E-state index in [1.807, 2.05) is 19.1 Å². The molecule has 0 bridgehead atoms. The second kappa shape index (κ2) is 5.65. The molecule has 3 rings (SSSR count). The number of hydrogen-bond acceptors (Lipinski definition) is 3. The van der Waals surface area contributed by atoms with Crippen molar-refractivity contribution < 1.29 is 5.11 Å². The molecule has 1 heterocycles. The Hall–Kier alpha value is -1.22. The van der Waals surface area contributed by atoms with Gasteiger partial charge in [-0.2, -0.15) is 0 Å². The fraction of sp³-hybridized carbons (Fsp3) is 0.647. The first kappa shape index (κ1) is 13.7. The van der Waals surface area contributed by atoms with Gasteiger partial charge < -0.3 is 15.7 Å². The molecule has 0 amide bonds. The number of anilines is 1. The first-order valence-electron chi connectivity index (χ1n) is 8.02. The zero-order valence-corrected chi connectivity index (χ0v) is 12.4. The average Bonchev–Trinajstić information content (AvgIpc) is 2.46. The van der Waals surface area contributed by atoms with Crippen LogP contribution in [-0.2, 0) is 0 Å². The molecule has 1 aliphatic carbocycles. The molecule has 3 N–H and O–H groups in total. The summed E-state index contributed by atoms with van der Waals surface area (Å²) in [6.45, 7) is 3.03. The second-order valence-corrected chi connectivity index (χ2v) is 6.48. The molecule has 1 aromatic rings. The molecule has 110 valence electrons. The second-order valence-electron chi connectivity index (χ2n) is 6.48. The Kier molecular flexibility index (Phi) is 3.88. The SMILES string of the molecule is CC(N)c1ccc(N2CCCC3CCCCC32)cc1O. The van der Waals surface area contributed by atoms with E-state index in [0.717, 1.165) is 18.0 Å². The molecule has 1 aromatic carbocycles. The monoisotopic (exact) mass is 274 g/mol. The third kappa shape index (κ3) is 2.51. The van der Waals surface area contributed by atoms with E-state index in [0.29, 0.717) is 11.8 Å². The van der Waals surface area contributed by atoms with E-state index in [1.54, 1.807) is 0 Å². The Balaban J connectivity index is 1.85. The van der Waals surface area contributed by atoms with Gasteiger partial charge >= 0.3 is 0 Å². The molecule has 20 heavy (non-hydrogen) atoms. The fourth-order valence-corrected chi connectivity index (χ4v) is 4.04. The van der Waals surface area contributed by atoms with Gasteiger partial charge in [0.1, 0.15) is 5.75 Å². The lowest BCUT2D eigenvalue weighted by Crippen LogP contribution is -2.46. The quantitative estimate of drug-likeness (QED) is 0.866. The molecule has 3 nitrogen and oxygen atoms in total. The number of nitrogens with two attached hydrogens (primary N) is 1. The predicted octanol–water partition coefficient (Wildman–Crippen LogP) is 3.57. The summed E-state index contributed by atoms with van der Waals surface area (Å²) >= 11 is 0. The van der Waals surface area contributed by atoms with Crippen LogP contribution in [0.4, 0.5) is 5.69 Å². The van der Waals surface area contributed by atoms with Crippen molar-refractivity contribution in [3.63, 3.8) is 0 Å². The largest absolute Gasteiger partial charge is 0.508 e. The maximum atomic E-state index is 10.2. The maximum Gasteiger partial charge on any atom is 0.122 e. The number of piperidine rings is 1. The number of nitrogens with zero attached hydrogens (tertiary/aromatic N) is 1.